The number of aliphatic hydroxyl groups excluding tert-OH is 1. The second-order valence-electron chi connectivity index (χ2n) is 8.63. The first-order chi connectivity index (χ1) is 12.7. The van der Waals surface area contributed by atoms with Crippen molar-refractivity contribution in [1.29, 1.82) is 0 Å². The third-order valence-corrected chi connectivity index (χ3v) is 6.34. The molecule has 0 bridgehead atoms. The highest BCUT2D eigenvalue weighted by molar-refractivity contribution is 5.77. The van der Waals surface area contributed by atoms with Gasteiger partial charge in [-0.3, -0.25) is 4.79 Å². The molecule has 2 N–H and O–H groups in total. The Morgan fingerprint density at radius 2 is 2.04 bits per heavy atom. The number of methoxy groups -OCH3 is 1. The lowest BCUT2D eigenvalue weighted by molar-refractivity contribution is -0.134. The molecular weight excluding hydrogens is 346 g/mol. The summed E-state index contributed by atoms with van der Waals surface area (Å²) in [6, 6.07) is 5.84. The zero-order chi connectivity index (χ0) is 19.8. The van der Waals surface area contributed by atoms with Gasteiger partial charge in [-0.2, -0.15) is 0 Å². The summed E-state index contributed by atoms with van der Waals surface area (Å²) in [4.78, 5) is 13.7. The Hall–Kier alpha value is -1.79. The average Bonchev–Trinajstić information content (AvgIpc) is 3.39. The Labute approximate surface area is 161 Å². The van der Waals surface area contributed by atoms with Gasteiger partial charge in [-0.15, -0.1) is 0 Å². The number of hydrogen-bond donors (Lipinski definition) is 2. The van der Waals surface area contributed by atoms with Crippen LogP contribution in [0, 0.1) is 11.3 Å². The lowest BCUT2D eigenvalue weighted by Crippen LogP contribution is -2.46. The number of ether oxygens (including phenoxy) is 2. The molecule has 1 aromatic carbocycles. The molecule has 3 rings (SSSR count). The molecule has 1 amide bonds. The third-order valence-electron chi connectivity index (χ3n) is 6.34. The van der Waals surface area contributed by atoms with Gasteiger partial charge >= 0.3 is 0 Å². The van der Waals surface area contributed by atoms with Crippen LogP contribution in [0.4, 0.5) is 0 Å². The van der Waals surface area contributed by atoms with Crippen molar-refractivity contribution in [2.24, 2.45) is 11.3 Å². The molecule has 1 saturated heterocycles. The number of likely N-dealkylation sites (tertiary alicyclic amines) is 1. The lowest BCUT2D eigenvalue weighted by atomic mass is 9.66. The number of hydrogen-bond acceptors (Lipinski definition) is 5. The molecule has 1 heterocycles. The van der Waals surface area contributed by atoms with Gasteiger partial charge < -0.3 is 24.6 Å². The fourth-order valence-electron chi connectivity index (χ4n) is 3.89. The van der Waals surface area contributed by atoms with E-state index >= 15 is 0 Å². The van der Waals surface area contributed by atoms with E-state index in [1.165, 1.54) is 12.8 Å². The summed E-state index contributed by atoms with van der Waals surface area (Å²) in [6.07, 6.45) is 2.42. The molecule has 0 radical (unpaired) electrons. The zero-order valence-corrected chi connectivity index (χ0v) is 16.7. The second kappa shape index (κ2) is 7.32. The molecule has 27 heavy (non-hydrogen) atoms. The molecule has 2 aliphatic rings. The Balaban J connectivity index is 1.93. The van der Waals surface area contributed by atoms with Crippen LogP contribution in [0.25, 0.3) is 0 Å². The molecule has 0 aromatic heterocycles. The summed E-state index contributed by atoms with van der Waals surface area (Å²) in [5.41, 5.74) is -0.559. The van der Waals surface area contributed by atoms with Crippen LogP contribution in [0.1, 0.15) is 45.1 Å². The van der Waals surface area contributed by atoms with Crippen LogP contribution in [0.15, 0.2) is 18.2 Å². The zero-order valence-electron chi connectivity index (χ0n) is 16.7. The summed E-state index contributed by atoms with van der Waals surface area (Å²) < 4.78 is 11.4. The van der Waals surface area contributed by atoms with Gasteiger partial charge in [0, 0.05) is 24.4 Å². The van der Waals surface area contributed by atoms with Crippen LogP contribution in [0.2, 0.25) is 0 Å². The second-order valence-corrected chi connectivity index (χ2v) is 8.63. The number of carbonyl (C=O) groups is 1. The lowest BCUT2D eigenvalue weighted by Gasteiger charge is -2.41. The minimum atomic E-state index is -1.00. The van der Waals surface area contributed by atoms with Gasteiger partial charge in [0.25, 0.3) is 0 Å². The number of rotatable bonds is 7. The number of aliphatic hydroxyl groups is 2. The minimum absolute atomic E-state index is 0.0813. The van der Waals surface area contributed by atoms with E-state index in [4.69, 9.17) is 9.47 Å². The molecule has 2 fully saturated rings. The fraction of sp³-hybridized carbons (Fsp3) is 0.667. The number of carbonyl (C=O) groups excluding carboxylic acids is 1. The van der Waals surface area contributed by atoms with Crippen molar-refractivity contribution in [3.05, 3.63) is 23.8 Å². The normalized spacial score (nSPS) is 25.6. The third kappa shape index (κ3) is 3.92. The molecule has 6 heteroatoms. The number of amides is 1. The first-order valence-electron chi connectivity index (χ1n) is 9.61. The molecule has 1 saturated carbocycles. The van der Waals surface area contributed by atoms with E-state index in [0.717, 1.165) is 5.56 Å². The maximum absolute atomic E-state index is 12.1. The molecular formula is C21H31NO5. The monoisotopic (exact) mass is 377 g/mol. The van der Waals surface area contributed by atoms with Crippen LogP contribution in [-0.2, 0) is 4.79 Å². The fourth-order valence-corrected chi connectivity index (χ4v) is 3.89. The van der Waals surface area contributed by atoms with Crippen LogP contribution >= 0.6 is 0 Å². The summed E-state index contributed by atoms with van der Waals surface area (Å²) in [6.45, 7) is 6.56. The van der Waals surface area contributed by atoms with Crippen molar-refractivity contribution in [3.63, 3.8) is 0 Å². The Morgan fingerprint density at radius 1 is 1.33 bits per heavy atom. The van der Waals surface area contributed by atoms with Crippen molar-refractivity contribution < 1.29 is 24.5 Å². The van der Waals surface area contributed by atoms with Crippen LogP contribution in [-0.4, -0.2) is 60.0 Å². The predicted molar refractivity (Wildman–Crippen MR) is 102 cm³/mol. The van der Waals surface area contributed by atoms with Gasteiger partial charge in [0.15, 0.2) is 11.5 Å². The van der Waals surface area contributed by atoms with Gasteiger partial charge in [-0.05, 0) is 50.3 Å². The summed E-state index contributed by atoms with van der Waals surface area (Å²) in [5.74, 6) is 1.62. The van der Waals surface area contributed by atoms with Crippen LogP contribution in [0.5, 0.6) is 11.5 Å². The van der Waals surface area contributed by atoms with Crippen LogP contribution in [0.3, 0.4) is 0 Å². The van der Waals surface area contributed by atoms with Crippen molar-refractivity contribution in [2.75, 3.05) is 33.4 Å². The summed E-state index contributed by atoms with van der Waals surface area (Å²) >= 11 is 0. The molecule has 2 atom stereocenters. The first-order valence-corrected chi connectivity index (χ1v) is 9.61. The molecule has 1 aromatic rings. The maximum atomic E-state index is 12.1. The highest BCUT2D eigenvalue weighted by Crippen LogP contribution is 2.50. The van der Waals surface area contributed by atoms with Gasteiger partial charge in [-0.1, -0.05) is 13.0 Å². The van der Waals surface area contributed by atoms with Crippen molar-refractivity contribution in [2.45, 2.75) is 45.1 Å². The van der Waals surface area contributed by atoms with Gasteiger partial charge in [0.2, 0.25) is 5.91 Å². The average molecular weight is 377 g/mol. The first kappa shape index (κ1) is 20.0. The van der Waals surface area contributed by atoms with E-state index in [0.29, 0.717) is 37.1 Å². The molecule has 1 aliphatic carbocycles. The topological polar surface area (TPSA) is 79.2 Å². The maximum Gasteiger partial charge on any atom is 0.248 e. The highest BCUT2D eigenvalue weighted by atomic mass is 16.5. The Bertz CT molecular complexity index is 694. The predicted octanol–water partition coefficient (Wildman–Crippen LogP) is 2.18. The SMILES string of the molecule is COc1ccc(C2CN(C(=O)CO)CC2(C)C(C)(C)O)cc1OCC1CC1. The minimum Gasteiger partial charge on any atom is -0.493 e. The standard InChI is InChI=1S/C21H31NO5/c1-20(2,25)21(3)13-22(19(24)11-23)10-16(21)15-7-8-17(26-4)18(9-15)27-12-14-5-6-14/h7-9,14,16,23,25H,5-6,10-13H2,1-4H3. The molecule has 6 nitrogen and oxygen atoms in total. The van der Waals surface area contributed by atoms with E-state index < -0.39 is 17.6 Å². The number of benzene rings is 1. The van der Waals surface area contributed by atoms with Crippen molar-refractivity contribution in [3.8, 4) is 11.5 Å². The summed E-state index contributed by atoms with van der Waals surface area (Å²) in [7, 11) is 1.62. The van der Waals surface area contributed by atoms with Crippen LogP contribution < -0.4 is 9.47 Å². The van der Waals surface area contributed by atoms with Crippen molar-refractivity contribution in [1.82, 2.24) is 4.90 Å². The molecule has 1 aliphatic heterocycles. The highest BCUT2D eigenvalue weighted by Gasteiger charge is 2.53. The molecule has 0 spiro atoms. The van der Waals surface area contributed by atoms with Gasteiger partial charge in [0.05, 0.1) is 19.3 Å². The van der Waals surface area contributed by atoms with Gasteiger partial charge in [-0.25, -0.2) is 0 Å². The molecule has 150 valence electrons. The smallest absolute Gasteiger partial charge is 0.248 e. The van der Waals surface area contributed by atoms with E-state index in [1.54, 1.807) is 25.9 Å². The Kier molecular flexibility index (Phi) is 5.41. The number of nitrogens with zero attached hydrogens (tertiary/aromatic N) is 1. The van der Waals surface area contributed by atoms with E-state index in [9.17, 15) is 15.0 Å². The van der Waals surface area contributed by atoms with E-state index in [2.05, 4.69) is 0 Å². The molecule has 2 unspecified atom stereocenters. The Morgan fingerprint density at radius 3 is 2.59 bits per heavy atom. The summed E-state index contributed by atoms with van der Waals surface area (Å²) in [5, 5.41) is 20.2. The van der Waals surface area contributed by atoms with Crippen molar-refractivity contribution >= 4 is 5.91 Å². The van der Waals surface area contributed by atoms with E-state index in [-0.39, 0.29) is 11.8 Å². The van der Waals surface area contributed by atoms with E-state index in [1.807, 2.05) is 25.1 Å². The quantitative estimate of drug-likeness (QED) is 0.761. The van der Waals surface area contributed by atoms with Gasteiger partial charge in [0.1, 0.15) is 6.61 Å². The largest absolute Gasteiger partial charge is 0.493 e.